The van der Waals surface area contributed by atoms with Crippen LogP contribution in [-0.2, 0) is 29.3 Å². The van der Waals surface area contributed by atoms with Crippen LogP contribution in [0.2, 0.25) is 0 Å². The lowest BCUT2D eigenvalue weighted by Crippen LogP contribution is -2.33. The number of benzene rings is 2. The van der Waals surface area contributed by atoms with Crippen molar-refractivity contribution in [2.75, 3.05) is 14.2 Å². The van der Waals surface area contributed by atoms with Crippen molar-refractivity contribution in [1.29, 1.82) is 5.26 Å². The van der Waals surface area contributed by atoms with Gasteiger partial charge >= 0.3 is 0 Å². The van der Waals surface area contributed by atoms with Crippen molar-refractivity contribution >= 4 is 44.0 Å². The molecule has 1 amide bonds. The highest BCUT2D eigenvalue weighted by Crippen LogP contribution is 2.33. The molecule has 0 radical (unpaired) electrons. The summed E-state index contributed by atoms with van der Waals surface area (Å²) >= 11 is 6.82. The van der Waals surface area contributed by atoms with Crippen LogP contribution in [0.3, 0.4) is 0 Å². The molecule has 0 saturated heterocycles. The second-order valence-electron chi connectivity index (χ2n) is 7.89. The van der Waals surface area contributed by atoms with Gasteiger partial charge in [0.1, 0.15) is 30.6 Å². The number of nitrogens with zero attached hydrogens (tertiary/aromatic N) is 3. The third-order valence-electron chi connectivity index (χ3n) is 5.47. The van der Waals surface area contributed by atoms with E-state index in [0.29, 0.717) is 42.8 Å². The zero-order valence-corrected chi connectivity index (χ0v) is 23.9. The molecular weight excluding hydrogens is 627 g/mol. The number of amides is 1. The van der Waals surface area contributed by atoms with E-state index in [1.807, 2.05) is 6.07 Å². The summed E-state index contributed by atoms with van der Waals surface area (Å²) < 4.78 is 32.4. The minimum absolute atomic E-state index is 0.00777. The smallest absolute Gasteiger partial charge is 0.269 e. The predicted molar refractivity (Wildman–Crippen MR) is 146 cm³/mol. The second-order valence-corrected chi connectivity index (χ2v) is 9.53. The van der Waals surface area contributed by atoms with Crippen LogP contribution in [0.15, 0.2) is 55.2 Å². The highest BCUT2D eigenvalue weighted by Gasteiger charge is 2.19. The van der Waals surface area contributed by atoms with Crippen LogP contribution in [0.1, 0.15) is 27.9 Å². The Morgan fingerprint density at radius 2 is 1.95 bits per heavy atom. The summed E-state index contributed by atoms with van der Waals surface area (Å²) in [6.45, 7) is 1.38. The lowest BCUT2D eigenvalue weighted by Gasteiger charge is -2.15. The van der Waals surface area contributed by atoms with Crippen LogP contribution in [0.25, 0.3) is 0 Å². The van der Waals surface area contributed by atoms with E-state index in [4.69, 9.17) is 14.2 Å². The number of pyridine rings is 1. The normalized spacial score (nSPS) is 10.9. The number of rotatable bonds is 10. The van der Waals surface area contributed by atoms with Crippen LogP contribution in [0.5, 0.6) is 11.5 Å². The lowest BCUT2D eigenvalue weighted by molar-refractivity contribution is -0.121. The van der Waals surface area contributed by atoms with Crippen molar-refractivity contribution < 1.29 is 23.4 Å². The summed E-state index contributed by atoms with van der Waals surface area (Å²) in [6.07, 6.45) is 1.39. The van der Waals surface area contributed by atoms with Gasteiger partial charge in [-0.15, -0.1) is 0 Å². The van der Waals surface area contributed by atoms with Gasteiger partial charge < -0.3 is 18.8 Å². The number of hydrazone groups is 1. The molecule has 198 valence electrons. The van der Waals surface area contributed by atoms with Crippen molar-refractivity contribution in [1.82, 2.24) is 9.99 Å². The quantitative estimate of drug-likeness (QED) is 0.254. The van der Waals surface area contributed by atoms with Crippen LogP contribution < -0.4 is 20.5 Å². The molecule has 0 bridgehead atoms. The Morgan fingerprint density at radius 3 is 2.61 bits per heavy atom. The van der Waals surface area contributed by atoms with E-state index < -0.39 is 11.5 Å². The van der Waals surface area contributed by atoms with E-state index in [9.17, 15) is 19.2 Å². The predicted octanol–water partition coefficient (Wildman–Crippen LogP) is 4.58. The zero-order chi connectivity index (χ0) is 27.8. The third kappa shape index (κ3) is 6.66. The molecule has 38 heavy (non-hydrogen) atoms. The Balaban J connectivity index is 1.73. The number of nitriles is 1. The SMILES string of the molecule is COCc1c(Br)c(C)n(CC(=O)N/N=C\c2cc(OC)c(OCc3ccccc3F)cc2Br)c(=O)c1C#N. The summed E-state index contributed by atoms with van der Waals surface area (Å²) in [5.74, 6) is -0.182. The molecule has 0 atom stereocenters. The fraction of sp³-hybridized carbons (Fsp3) is 0.231. The first-order chi connectivity index (χ1) is 18.2. The van der Waals surface area contributed by atoms with E-state index in [-0.39, 0.29) is 31.1 Å². The first kappa shape index (κ1) is 29.0. The Morgan fingerprint density at radius 1 is 1.21 bits per heavy atom. The number of nitrogens with one attached hydrogen (secondary N) is 1. The Labute approximate surface area is 235 Å². The minimum atomic E-state index is -0.599. The van der Waals surface area contributed by atoms with Crippen molar-refractivity contribution in [2.45, 2.75) is 26.7 Å². The van der Waals surface area contributed by atoms with Gasteiger partial charge in [0.25, 0.3) is 11.5 Å². The maximum atomic E-state index is 13.9. The van der Waals surface area contributed by atoms with Crippen LogP contribution in [0.4, 0.5) is 4.39 Å². The van der Waals surface area contributed by atoms with Crippen molar-refractivity contribution in [2.24, 2.45) is 5.10 Å². The van der Waals surface area contributed by atoms with E-state index in [1.165, 1.54) is 31.1 Å². The van der Waals surface area contributed by atoms with Gasteiger partial charge in [-0.25, -0.2) is 9.82 Å². The molecule has 3 rings (SSSR count). The highest BCUT2D eigenvalue weighted by molar-refractivity contribution is 9.10. The molecule has 0 aliphatic heterocycles. The number of aromatic nitrogens is 1. The number of methoxy groups -OCH3 is 2. The first-order valence-corrected chi connectivity index (χ1v) is 12.7. The molecule has 0 aliphatic rings. The summed E-state index contributed by atoms with van der Waals surface area (Å²) in [7, 11) is 2.92. The van der Waals surface area contributed by atoms with E-state index in [2.05, 4.69) is 42.4 Å². The van der Waals surface area contributed by atoms with Gasteiger partial charge in [-0.1, -0.05) is 18.2 Å². The monoisotopic (exact) mass is 648 g/mol. The van der Waals surface area contributed by atoms with Crippen molar-refractivity contribution in [3.05, 3.63) is 89.5 Å². The number of hydrogen-bond acceptors (Lipinski definition) is 7. The van der Waals surface area contributed by atoms with Crippen molar-refractivity contribution in [3.63, 3.8) is 0 Å². The van der Waals surface area contributed by atoms with Gasteiger partial charge in [-0.3, -0.25) is 9.59 Å². The van der Waals surface area contributed by atoms with Gasteiger partial charge in [0, 0.05) is 38.4 Å². The van der Waals surface area contributed by atoms with E-state index >= 15 is 0 Å². The van der Waals surface area contributed by atoms with Crippen LogP contribution in [0, 0.1) is 24.1 Å². The topological polar surface area (TPSA) is 115 Å². The molecular formula is C26H23Br2FN4O5. The number of carbonyl (C=O) groups excluding carboxylic acids is 1. The fourth-order valence-electron chi connectivity index (χ4n) is 3.49. The second kappa shape index (κ2) is 13.3. The van der Waals surface area contributed by atoms with Gasteiger partial charge in [0.15, 0.2) is 11.5 Å². The third-order valence-corrected chi connectivity index (χ3v) is 7.21. The average molecular weight is 650 g/mol. The number of carbonyl (C=O) groups is 1. The number of halogens is 3. The molecule has 0 aliphatic carbocycles. The Kier molecular flexibility index (Phi) is 10.2. The molecule has 1 heterocycles. The van der Waals surface area contributed by atoms with E-state index in [0.717, 1.165) is 0 Å². The van der Waals surface area contributed by atoms with E-state index in [1.54, 1.807) is 37.3 Å². The molecule has 0 spiro atoms. The molecule has 1 N–H and O–H groups in total. The lowest BCUT2D eigenvalue weighted by atomic mass is 10.1. The largest absolute Gasteiger partial charge is 0.493 e. The van der Waals surface area contributed by atoms with Gasteiger partial charge in [0.2, 0.25) is 0 Å². The first-order valence-electron chi connectivity index (χ1n) is 11.1. The van der Waals surface area contributed by atoms with Gasteiger partial charge in [-0.2, -0.15) is 10.4 Å². The summed E-state index contributed by atoms with van der Waals surface area (Å²) in [4.78, 5) is 25.3. The average Bonchev–Trinajstić information content (AvgIpc) is 2.90. The summed E-state index contributed by atoms with van der Waals surface area (Å²) in [6, 6.07) is 11.5. The number of ether oxygens (including phenoxy) is 3. The van der Waals surface area contributed by atoms with Gasteiger partial charge in [0.05, 0.1) is 19.9 Å². The Hall–Kier alpha value is -3.53. The molecule has 12 heteroatoms. The maximum absolute atomic E-state index is 13.9. The van der Waals surface area contributed by atoms with Crippen LogP contribution in [-0.4, -0.2) is 30.9 Å². The fourth-order valence-corrected chi connectivity index (χ4v) is 4.45. The van der Waals surface area contributed by atoms with Gasteiger partial charge in [-0.05, 0) is 57.0 Å². The summed E-state index contributed by atoms with van der Waals surface area (Å²) in [5.41, 5.74) is 3.53. The maximum Gasteiger partial charge on any atom is 0.269 e. The van der Waals surface area contributed by atoms with Crippen molar-refractivity contribution in [3.8, 4) is 17.6 Å². The van der Waals surface area contributed by atoms with Crippen LogP contribution >= 0.6 is 31.9 Å². The summed E-state index contributed by atoms with van der Waals surface area (Å²) in [5, 5.41) is 13.4. The molecule has 0 unspecified atom stereocenters. The standard InChI is InChI=1S/C26H23Br2FN4O5/c1-15-25(28)19(14-36-2)18(10-30)26(35)33(15)12-24(34)32-31-11-17-8-22(37-3)23(9-20(17)27)38-13-16-6-4-5-7-21(16)29/h4-9,11H,12-14H2,1-3H3,(H,32,34)/b31-11-. The molecule has 0 saturated carbocycles. The number of hydrogen-bond donors (Lipinski definition) is 1. The molecule has 3 aromatic rings. The molecule has 9 nitrogen and oxygen atoms in total. The highest BCUT2D eigenvalue weighted by atomic mass is 79.9. The Bertz CT molecular complexity index is 1480. The molecule has 1 aromatic heterocycles. The molecule has 2 aromatic carbocycles. The minimum Gasteiger partial charge on any atom is -0.493 e. The molecule has 0 fully saturated rings. The zero-order valence-electron chi connectivity index (χ0n) is 20.7.